The molecule has 0 amide bonds. The first-order valence-corrected chi connectivity index (χ1v) is 27.6. The summed E-state index contributed by atoms with van der Waals surface area (Å²) in [4.78, 5) is 17.9. The van der Waals surface area contributed by atoms with Crippen LogP contribution in [0.15, 0.2) is 130 Å². The van der Waals surface area contributed by atoms with Crippen LogP contribution in [0.2, 0.25) is 5.02 Å². The Hall–Kier alpha value is -5.73. The van der Waals surface area contributed by atoms with Crippen LogP contribution in [-0.4, -0.2) is 101 Å². The number of carbonyl (C=O) groups is 1. The van der Waals surface area contributed by atoms with Gasteiger partial charge in [-0.05, 0) is 136 Å². The number of benzene rings is 5. The molecular weight excluding hydrogens is 1010 g/mol. The summed E-state index contributed by atoms with van der Waals surface area (Å²) >= 11 is 7.65. The van der Waals surface area contributed by atoms with Crippen molar-refractivity contribution in [3.8, 4) is 22.4 Å². The number of carboxylic acid groups (broad SMARTS) is 1. The van der Waals surface area contributed by atoms with Gasteiger partial charge in [-0.2, -0.15) is 13.2 Å². The van der Waals surface area contributed by atoms with Crippen molar-refractivity contribution >= 4 is 71.9 Å². The van der Waals surface area contributed by atoms with Gasteiger partial charge in [-0.3, -0.25) is 4.72 Å². The molecule has 20 heteroatoms. The van der Waals surface area contributed by atoms with E-state index >= 15 is 4.39 Å². The summed E-state index contributed by atoms with van der Waals surface area (Å²) in [7, 11) is -8.70. The Labute approximate surface area is 428 Å². The van der Waals surface area contributed by atoms with Crippen LogP contribution in [0.1, 0.15) is 43.2 Å². The van der Waals surface area contributed by atoms with E-state index in [0.29, 0.717) is 96.7 Å². The van der Waals surface area contributed by atoms with Crippen molar-refractivity contribution in [2.24, 2.45) is 5.92 Å². The van der Waals surface area contributed by atoms with Gasteiger partial charge in [0.2, 0.25) is 0 Å². The largest absolute Gasteiger partial charge is 0.501 e. The fraction of sp³-hybridized carbons (Fsp3) is 0.327. The van der Waals surface area contributed by atoms with Crippen LogP contribution < -0.4 is 19.8 Å². The highest BCUT2D eigenvalue weighted by Crippen LogP contribution is 2.42. The molecule has 0 spiro atoms. The lowest BCUT2D eigenvalue weighted by Crippen LogP contribution is -2.46. The molecule has 0 unspecified atom stereocenters. The number of thioether (sulfide) groups is 1. The van der Waals surface area contributed by atoms with E-state index in [-0.39, 0.29) is 16.9 Å². The molecular formula is C52H57ClF4N6O6S3. The van der Waals surface area contributed by atoms with Crippen molar-refractivity contribution in [3.05, 3.63) is 137 Å². The number of sulfonamides is 1. The maximum Gasteiger partial charge on any atom is 0.501 e. The van der Waals surface area contributed by atoms with Gasteiger partial charge in [0.15, 0.2) is 0 Å². The number of nitrogens with one attached hydrogen (secondary N) is 2. The highest BCUT2D eigenvalue weighted by Gasteiger charge is 2.48. The lowest BCUT2D eigenvalue weighted by Gasteiger charge is -2.37. The third-order valence-electron chi connectivity index (χ3n) is 12.4. The molecule has 1 aliphatic heterocycles. The number of aromatic nitrogens is 1. The minimum atomic E-state index is -6.03. The SMILES string of the molecule is CCn1c(C)c(C(=O)O)c(-c2cc(F)cc(N3CCN(c4ccc(NS(=O)(=O)c5ccc(N[C@H](CCN(C)CC(C)C)CSc6ccccc6)c(S(=O)(=O)C(F)(F)F)c5)cc4)CC3)c2)c1-c1ccc(Cl)cc1. The average Bonchev–Trinajstić information content (AvgIpc) is 3.64. The smallest absolute Gasteiger partial charge is 0.478 e. The van der Waals surface area contributed by atoms with Gasteiger partial charge >= 0.3 is 11.5 Å². The first-order chi connectivity index (χ1) is 34.1. The van der Waals surface area contributed by atoms with E-state index in [0.717, 1.165) is 34.8 Å². The van der Waals surface area contributed by atoms with Crippen LogP contribution in [0.25, 0.3) is 22.4 Å². The Morgan fingerprint density at radius 1 is 0.847 bits per heavy atom. The molecule has 0 aliphatic carbocycles. The highest BCUT2D eigenvalue weighted by atomic mass is 35.5. The molecule has 0 bridgehead atoms. The molecule has 6 aromatic rings. The van der Waals surface area contributed by atoms with Crippen molar-refractivity contribution in [2.45, 2.75) is 66.9 Å². The number of hydrogen-bond donors (Lipinski definition) is 3. The summed E-state index contributed by atoms with van der Waals surface area (Å²) in [5, 5.41) is 14.0. The maximum atomic E-state index is 15.6. The third kappa shape index (κ3) is 12.5. The summed E-state index contributed by atoms with van der Waals surface area (Å²) in [5.74, 6) is -0.925. The lowest BCUT2D eigenvalue weighted by molar-refractivity contribution is -0.0435. The van der Waals surface area contributed by atoms with Gasteiger partial charge in [0.05, 0.1) is 21.8 Å². The van der Waals surface area contributed by atoms with E-state index in [4.69, 9.17) is 11.6 Å². The number of rotatable bonds is 20. The number of sulfone groups is 1. The van der Waals surface area contributed by atoms with Crippen molar-refractivity contribution < 1.29 is 44.3 Å². The summed E-state index contributed by atoms with van der Waals surface area (Å²) < 4.78 is 116. The second kappa shape index (κ2) is 22.6. The number of halogens is 5. The zero-order chi connectivity index (χ0) is 52.1. The predicted octanol–water partition coefficient (Wildman–Crippen LogP) is 11.6. The Bertz CT molecular complexity index is 3100. The Balaban J connectivity index is 1.07. The molecule has 5 aromatic carbocycles. The molecule has 7 rings (SSSR count). The van der Waals surface area contributed by atoms with Crippen molar-refractivity contribution in [2.75, 3.05) is 71.9 Å². The first kappa shape index (κ1) is 54.1. The third-order valence-corrected chi connectivity index (χ3v) is 16.8. The van der Waals surface area contributed by atoms with Gasteiger partial charge in [0, 0.05) is 89.3 Å². The zero-order valence-corrected chi connectivity index (χ0v) is 43.6. The number of piperazine rings is 1. The lowest BCUT2D eigenvalue weighted by atomic mass is 9.96. The van der Waals surface area contributed by atoms with Gasteiger partial charge < -0.3 is 29.7 Å². The number of carboxylic acids is 1. The van der Waals surface area contributed by atoms with E-state index in [2.05, 4.69) is 33.7 Å². The molecule has 0 radical (unpaired) electrons. The van der Waals surface area contributed by atoms with Crippen molar-refractivity contribution in [3.63, 3.8) is 0 Å². The molecule has 2 heterocycles. The van der Waals surface area contributed by atoms with Crippen LogP contribution in [-0.2, 0) is 26.4 Å². The molecule has 1 aliphatic rings. The molecule has 12 nitrogen and oxygen atoms in total. The second-order valence-corrected chi connectivity index (χ2v) is 23.2. The molecule has 1 saturated heterocycles. The summed E-state index contributed by atoms with van der Waals surface area (Å²) in [6, 6.07) is 29.5. The minimum absolute atomic E-state index is 0.0769. The van der Waals surface area contributed by atoms with Crippen LogP contribution in [0.5, 0.6) is 0 Å². The number of hydrogen-bond acceptors (Lipinski definition) is 10. The van der Waals surface area contributed by atoms with Gasteiger partial charge in [0.1, 0.15) is 10.7 Å². The predicted molar refractivity (Wildman–Crippen MR) is 281 cm³/mol. The average molecular weight is 1070 g/mol. The minimum Gasteiger partial charge on any atom is -0.478 e. The second-order valence-electron chi connectivity index (χ2n) is 18.1. The van der Waals surface area contributed by atoms with E-state index in [1.165, 1.54) is 36.0 Å². The number of aromatic carboxylic acids is 1. The Morgan fingerprint density at radius 2 is 1.49 bits per heavy atom. The van der Waals surface area contributed by atoms with Crippen LogP contribution in [0.3, 0.4) is 0 Å². The van der Waals surface area contributed by atoms with E-state index in [1.54, 1.807) is 49.4 Å². The quantitative estimate of drug-likeness (QED) is 0.0496. The molecule has 1 aromatic heterocycles. The normalized spacial score (nSPS) is 14.0. The number of alkyl halides is 3. The number of nitrogens with zero attached hydrogens (tertiary/aromatic N) is 4. The van der Waals surface area contributed by atoms with Gasteiger partial charge in [-0.25, -0.2) is 26.0 Å². The Morgan fingerprint density at radius 3 is 2.08 bits per heavy atom. The summed E-state index contributed by atoms with van der Waals surface area (Å²) in [6.07, 6.45) is 0.453. The Kier molecular flexibility index (Phi) is 17.0. The van der Waals surface area contributed by atoms with Gasteiger partial charge in [-0.15, -0.1) is 11.8 Å². The fourth-order valence-corrected chi connectivity index (χ4v) is 12.2. The van der Waals surface area contributed by atoms with Gasteiger partial charge in [-0.1, -0.05) is 55.8 Å². The zero-order valence-electron chi connectivity index (χ0n) is 40.4. The molecule has 0 saturated carbocycles. The van der Waals surface area contributed by atoms with E-state index in [9.17, 15) is 39.9 Å². The summed E-state index contributed by atoms with van der Waals surface area (Å²) in [5.41, 5.74) is -1.92. The molecule has 1 atom stereocenters. The monoisotopic (exact) mass is 1070 g/mol. The van der Waals surface area contributed by atoms with Gasteiger partial charge in [0.25, 0.3) is 19.9 Å². The van der Waals surface area contributed by atoms with Crippen LogP contribution in [0, 0.1) is 18.7 Å². The fourth-order valence-electron chi connectivity index (χ4n) is 9.02. The molecule has 384 valence electrons. The first-order valence-electron chi connectivity index (χ1n) is 23.3. The van der Waals surface area contributed by atoms with Crippen LogP contribution >= 0.6 is 23.4 Å². The maximum absolute atomic E-state index is 15.6. The van der Waals surface area contributed by atoms with Crippen molar-refractivity contribution in [1.82, 2.24) is 9.47 Å². The van der Waals surface area contributed by atoms with Crippen LogP contribution in [0.4, 0.5) is 40.3 Å². The highest BCUT2D eigenvalue weighted by molar-refractivity contribution is 7.99. The molecule has 72 heavy (non-hydrogen) atoms. The van der Waals surface area contributed by atoms with E-state index < -0.39 is 53.0 Å². The standard InChI is InChI=1S/C52H57ClF4N6O6S3/c1-6-63-35(4)48(51(64)65)49(50(63)36-12-14-38(53)15-13-36)37-28-39(54)30-43(29-37)62-26-24-61(25-27-62)42-18-16-40(17-19-42)59-72(68,69)45-20-21-46(47(31-45)71(66,67)52(55,56)57)58-41(22-23-60(5)32-34(2)3)33-70-44-10-8-7-9-11-44/h7-21,28-31,34,41,58-59H,6,22-27,32-33H2,1-5H3,(H,64,65)/t41-/m1/s1. The molecule has 3 N–H and O–H groups in total. The summed E-state index contributed by atoms with van der Waals surface area (Å²) in [6.45, 7) is 11.5. The van der Waals surface area contributed by atoms with Crippen molar-refractivity contribution in [1.29, 1.82) is 0 Å². The topological polar surface area (TPSA) is 144 Å². The van der Waals surface area contributed by atoms with E-state index in [1.807, 2.05) is 53.8 Å². The number of anilines is 4. The molecule has 1 fully saturated rings.